The lowest BCUT2D eigenvalue weighted by Crippen LogP contribution is -2.30. The Kier molecular flexibility index (Phi) is 44.6. The number of rotatable bonds is 41. The van der Waals surface area contributed by atoms with E-state index < -0.39 is 6.10 Å². The molecule has 0 aliphatic heterocycles. The van der Waals surface area contributed by atoms with Crippen LogP contribution in [0.25, 0.3) is 0 Å². The summed E-state index contributed by atoms with van der Waals surface area (Å²) in [7, 11) is 0. The Bertz CT molecular complexity index is 1280. The van der Waals surface area contributed by atoms with Crippen LogP contribution in [-0.4, -0.2) is 37.2 Å². The van der Waals surface area contributed by atoms with E-state index >= 15 is 0 Å². The molecule has 0 aliphatic carbocycles. The van der Waals surface area contributed by atoms with Crippen LogP contribution < -0.4 is 0 Å². The molecule has 0 heterocycles. The number of hydrogen-bond donors (Lipinski definition) is 0. The maximum atomic E-state index is 12.8. The van der Waals surface area contributed by atoms with Crippen molar-refractivity contribution in [2.24, 2.45) is 0 Å². The van der Waals surface area contributed by atoms with Crippen LogP contribution in [0.5, 0.6) is 0 Å². The summed E-state index contributed by atoms with van der Waals surface area (Å²) in [5.74, 6) is -0.992. The van der Waals surface area contributed by atoms with Gasteiger partial charge in [-0.1, -0.05) is 188 Å². The van der Waals surface area contributed by atoms with E-state index in [1.807, 2.05) is 36.5 Å². The molecule has 0 spiro atoms. The minimum Gasteiger partial charge on any atom is -0.462 e. The van der Waals surface area contributed by atoms with Crippen LogP contribution in [0.1, 0.15) is 194 Å². The highest BCUT2D eigenvalue weighted by molar-refractivity contribution is 5.71. The fourth-order valence-corrected chi connectivity index (χ4v) is 6.04. The van der Waals surface area contributed by atoms with Crippen molar-refractivity contribution in [2.75, 3.05) is 13.2 Å². The summed E-state index contributed by atoms with van der Waals surface area (Å²) in [4.78, 5) is 37.9. The molecule has 0 aromatic rings. The minimum absolute atomic E-state index is 0.109. The average molecular weight is 831 g/mol. The third-order valence-corrected chi connectivity index (χ3v) is 9.61. The van der Waals surface area contributed by atoms with E-state index in [1.54, 1.807) is 0 Å². The standard InChI is InChI=1S/C54H86O6/c1-4-7-10-13-16-19-22-25-27-30-32-35-38-41-44-47-53(56)59-50-51(49-58-52(55)46-43-40-37-34-31-28-24-21-18-15-12-9-6-3)60-54(57)48-45-42-39-36-33-29-26-23-20-17-14-11-8-5-2/h8-9,11-12,15-22,24-26,28-29,31,51H,4-7,10,13-14,23,27,30,32-50H2,1-3H3/b11-8+,12-9+,18-15+,19-16+,20-17+,24-21+,25-22+,29-26+,31-28+. The van der Waals surface area contributed by atoms with Gasteiger partial charge in [-0.05, 0) is 96.3 Å². The zero-order valence-electron chi connectivity index (χ0n) is 38.4. The van der Waals surface area contributed by atoms with Crippen LogP contribution >= 0.6 is 0 Å². The lowest BCUT2D eigenvalue weighted by Gasteiger charge is -2.18. The molecule has 1 unspecified atom stereocenters. The van der Waals surface area contributed by atoms with Gasteiger partial charge in [0.2, 0.25) is 0 Å². The normalized spacial score (nSPS) is 13.1. The van der Waals surface area contributed by atoms with Crippen molar-refractivity contribution < 1.29 is 28.6 Å². The van der Waals surface area contributed by atoms with Crippen molar-refractivity contribution in [3.63, 3.8) is 0 Å². The Morgan fingerprint density at radius 2 is 0.733 bits per heavy atom. The predicted molar refractivity (Wildman–Crippen MR) is 256 cm³/mol. The highest BCUT2D eigenvalue weighted by atomic mass is 16.6. The van der Waals surface area contributed by atoms with E-state index in [2.05, 4.69) is 93.7 Å². The number of ether oxygens (including phenoxy) is 3. The lowest BCUT2D eigenvalue weighted by molar-refractivity contribution is -0.167. The summed E-state index contributed by atoms with van der Waals surface area (Å²) in [5.41, 5.74) is 0. The summed E-state index contributed by atoms with van der Waals surface area (Å²) in [6, 6.07) is 0. The van der Waals surface area contributed by atoms with Gasteiger partial charge in [0.1, 0.15) is 13.2 Å². The summed E-state index contributed by atoms with van der Waals surface area (Å²) in [6.07, 6.45) is 63.5. The van der Waals surface area contributed by atoms with Gasteiger partial charge in [0, 0.05) is 19.3 Å². The van der Waals surface area contributed by atoms with E-state index in [4.69, 9.17) is 14.2 Å². The number of carbonyl (C=O) groups is 3. The summed E-state index contributed by atoms with van der Waals surface area (Å²) in [5, 5.41) is 0. The smallest absolute Gasteiger partial charge is 0.306 e. The van der Waals surface area contributed by atoms with Crippen LogP contribution in [0.2, 0.25) is 0 Å². The second-order valence-electron chi connectivity index (χ2n) is 15.4. The molecule has 6 nitrogen and oxygen atoms in total. The third-order valence-electron chi connectivity index (χ3n) is 9.61. The van der Waals surface area contributed by atoms with Crippen molar-refractivity contribution >= 4 is 17.9 Å². The molecule has 0 aromatic heterocycles. The largest absolute Gasteiger partial charge is 0.462 e. The van der Waals surface area contributed by atoms with Crippen LogP contribution in [0.4, 0.5) is 0 Å². The average Bonchev–Trinajstić information content (AvgIpc) is 3.24. The molecule has 0 bridgehead atoms. The maximum absolute atomic E-state index is 12.8. The van der Waals surface area contributed by atoms with Crippen LogP contribution in [-0.2, 0) is 28.6 Å². The van der Waals surface area contributed by atoms with E-state index in [0.717, 1.165) is 116 Å². The molecule has 0 aliphatic rings. The first-order valence-electron chi connectivity index (χ1n) is 24.0. The first-order valence-corrected chi connectivity index (χ1v) is 24.0. The molecule has 6 heteroatoms. The second-order valence-corrected chi connectivity index (χ2v) is 15.4. The maximum Gasteiger partial charge on any atom is 0.306 e. The molecule has 0 saturated heterocycles. The van der Waals surface area contributed by atoms with E-state index in [0.29, 0.717) is 12.8 Å². The molecular formula is C54H86O6. The molecule has 0 rings (SSSR count). The summed E-state index contributed by atoms with van der Waals surface area (Å²) >= 11 is 0. The fourth-order valence-electron chi connectivity index (χ4n) is 6.04. The summed E-state index contributed by atoms with van der Waals surface area (Å²) < 4.78 is 16.7. The molecule has 0 saturated carbocycles. The molecule has 60 heavy (non-hydrogen) atoms. The molecule has 338 valence electrons. The molecule has 0 amide bonds. The van der Waals surface area contributed by atoms with Gasteiger partial charge in [-0.15, -0.1) is 0 Å². The predicted octanol–water partition coefficient (Wildman–Crippen LogP) is 15.6. The number of esters is 3. The highest BCUT2D eigenvalue weighted by Gasteiger charge is 2.19. The SMILES string of the molecule is CC/C=C/C=C/C=C/C=C/CCCCCC(=O)OCC(COC(=O)CCCCCCCC/C=C/C=C/CCCCC)OC(=O)CCCCCC/C=C/C/C=C/C/C=C/CC. The number of hydrogen-bond acceptors (Lipinski definition) is 6. The van der Waals surface area contributed by atoms with Gasteiger partial charge in [-0.3, -0.25) is 14.4 Å². The minimum atomic E-state index is -0.812. The van der Waals surface area contributed by atoms with E-state index in [-0.39, 0.29) is 37.5 Å². The Morgan fingerprint density at radius 1 is 0.367 bits per heavy atom. The molecule has 0 aromatic carbocycles. The molecule has 0 fully saturated rings. The van der Waals surface area contributed by atoms with E-state index in [1.165, 1.54) is 38.5 Å². The number of unbranched alkanes of at least 4 members (excludes halogenated alkanes) is 16. The van der Waals surface area contributed by atoms with Gasteiger partial charge in [-0.25, -0.2) is 0 Å². The van der Waals surface area contributed by atoms with Crippen molar-refractivity contribution in [3.8, 4) is 0 Å². The third kappa shape index (κ3) is 45.2. The van der Waals surface area contributed by atoms with Gasteiger partial charge in [-0.2, -0.15) is 0 Å². The Balaban J connectivity index is 4.53. The zero-order valence-corrected chi connectivity index (χ0v) is 38.4. The van der Waals surface area contributed by atoms with Crippen LogP contribution in [0.15, 0.2) is 109 Å². The monoisotopic (exact) mass is 831 g/mol. The number of allylic oxidation sites excluding steroid dienone is 18. The van der Waals surface area contributed by atoms with Gasteiger partial charge >= 0.3 is 17.9 Å². The van der Waals surface area contributed by atoms with Crippen LogP contribution in [0, 0.1) is 0 Å². The van der Waals surface area contributed by atoms with Crippen molar-refractivity contribution in [2.45, 2.75) is 200 Å². The molecular weight excluding hydrogens is 745 g/mol. The second kappa shape index (κ2) is 47.7. The zero-order chi connectivity index (χ0) is 43.7. The van der Waals surface area contributed by atoms with Gasteiger partial charge in [0.15, 0.2) is 6.10 Å². The Labute approximate surface area is 368 Å². The van der Waals surface area contributed by atoms with Crippen molar-refractivity contribution in [1.82, 2.24) is 0 Å². The van der Waals surface area contributed by atoms with Gasteiger partial charge in [0.25, 0.3) is 0 Å². The van der Waals surface area contributed by atoms with Crippen molar-refractivity contribution in [1.29, 1.82) is 0 Å². The lowest BCUT2D eigenvalue weighted by atomic mass is 10.1. The van der Waals surface area contributed by atoms with E-state index in [9.17, 15) is 14.4 Å². The molecule has 0 radical (unpaired) electrons. The summed E-state index contributed by atoms with van der Waals surface area (Å²) in [6.45, 7) is 6.26. The molecule has 1 atom stereocenters. The van der Waals surface area contributed by atoms with Gasteiger partial charge < -0.3 is 14.2 Å². The Morgan fingerprint density at radius 3 is 1.25 bits per heavy atom. The van der Waals surface area contributed by atoms with Crippen LogP contribution in [0.3, 0.4) is 0 Å². The molecule has 0 N–H and O–H groups in total. The first-order chi connectivity index (χ1) is 29.5. The van der Waals surface area contributed by atoms with Gasteiger partial charge in [0.05, 0.1) is 0 Å². The fraction of sp³-hybridized carbons (Fsp3) is 0.611. The quantitative estimate of drug-likeness (QED) is 0.0201. The first kappa shape index (κ1) is 56.1. The van der Waals surface area contributed by atoms with Crippen molar-refractivity contribution in [3.05, 3.63) is 109 Å². The Hall–Kier alpha value is -3.93. The topological polar surface area (TPSA) is 78.9 Å². The highest BCUT2D eigenvalue weighted by Crippen LogP contribution is 2.12. The number of carbonyl (C=O) groups excluding carboxylic acids is 3.